The van der Waals surface area contributed by atoms with Gasteiger partial charge in [0.15, 0.2) is 5.75 Å². The summed E-state index contributed by atoms with van der Waals surface area (Å²) in [6.45, 7) is 2.20. The molecule has 1 fully saturated rings. The molecule has 138 valence electrons. The van der Waals surface area contributed by atoms with Crippen LogP contribution in [-0.4, -0.2) is 16.1 Å². The topological polar surface area (TPSA) is 59.4 Å². The minimum absolute atomic E-state index is 0.0179. The first-order valence-electron chi connectivity index (χ1n) is 9.24. The second-order valence-electron chi connectivity index (χ2n) is 6.96. The number of esters is 1. The first-order chi connectivity index (χ1) is 12.6. The van der Waals surface area contributed by atoms with Gasteiger partial charge >= 0.3 is 5.97 Å². The highest BCUT2D eigenvalue weighted by molar-refractivity contribution is 5.75. The van der Waals surface area contributed by atoms with Crippen molar-refractivity contribution >= 4 is 5.97 Å². The number of pyridine rings is 1. The van der Waals surface area contributed by atoms with Crippen molar-refractivity contribution < 1.29 is 19.0 Å². The molecular weight excluding hydrogens is 333 g/mol. The lowest BCUT2D eigenvalue weighted by Gasteiger charge is -2.26. The zero-order chi connectivity index (χ0) is 18.5. The van der Waals surface area contributed by atoms with Crippen molar-refractivity contribution in [2.45, 2.75) is 45.4 Å². The number of benzene rings is 1. The number of ether oxygens (including phenoxy) is 1. The highest BCUT2D eigenvalue weighted by Crippen LogP contribution is 2.32. The van der Waals surface area contributed by atoms with E-state index in [1.807, 2.05) is 0 Å². The molecule has 0 amide bonds. The molecule has 0 bridgehead atoms. The Morgan fingerprint density at radius 1 is 1.15 bits per heavy atom. The summed E-state index contributed by atoms with van der Waals surface area (Å²) in [6.07, 6.45) is 6.45. The van der Waals surface area contributed by atoms with E-state index in [4.69, 9.17) is 4.74 Å². The largest absolute Gasteiger partial charge is 0.504 e. The Morgan fingerprint density at radius 2 is 1.85 bits per heavy atom. The van der Waals surface area contributed by atoms with Crippen LogP contribution in [0.25, 0.3) is 11.3 Å². The number of halogens is 1. The summed E-state index contributed by atoms with van der Waals surface area (Å²) in [5.74, 6) is -0.336. The summed E-state index contributed by atoms with van der Waals surface area (Å²) in [6, 6.07) is 9.61. The molecule has 1 aromatic heterocycles. The number of hydrogen-bond donors (Lipinski definition) is 1. The van der Waals surface area contributed by atoms with Crippen LogP contribution in [0.2, 0.25) is 0 Å². The molecule has 5 heteroatoms. The second-order valence-corrected chi connectivity index (χ2v) is 6.96. The van der Waals surface area contributed by atoms with Crippen molar-refractivity contribution in [3.05, 3.63) is 42.3 Å². The fourth-order valence-corrected chi connectivity index (χ4v) is 3.58. The Morgan fingerprint density at radius 3 is 2.46 bits per heavy atom. The first kappa shape index (κ1) is 18.4. The van der Waals surface area contributed by atoms with Gasteiger partial charge in [0.1, 0.15) is 5.75 Å². The molecule has 1 saturated carbocycles. The van der Waals surface area contributed by atoms with E-state index >= 15 is 0 Å². The van der Waals surface area contributed by atoms with Gasteiger partial charge in [-0.15, -0.1) is 0 Å². The molecule has 26 heavy (non-hydrogen) atoms. The Hall–Kier alpha value is -2.43. The van der Waals surface area contributed by atoms with Crippen LogP contribution in [0.4, 0.5) is 4.39 Å². The van der Waals surface area contributed by atoms with Gasteiger partial charge in [-0.25, -0.2) is 4.98 Å². The minimum atomic E-state index is -0.906. The standard InChI is InChI=1S/C21H24FNO3/c1-2-3-14-4-6-16(7-5-14)21(25)26-17-10-8-15(9-11-17)18-12-13-19(24)20(22)23-18/h8-14,16,24H,2-7H2,1H3. The van der Waals surface area contributed by atoms with Crippen molar-refractivity contribution in [2.24, 2.45) is 11.8 Å². The zero-order valence-electron chi connectivity index (χ0n) is 15.0. The predicted molar refractivity (Wildman–Crippen MR) is 97.3 cm³/mol. The molecule has 4 nitrogen and oxygen atoms in total. The van der Waals surface area contributed by atoms with Crippen LogP contribution in [0.3, 0.4) is 0 Å². The number of aromatic hydroxyl groups is 1. The van der Waals surface area contributed by atoms with Gasteiger partial charge in [-0.05, 0) is 68.0 Å². The van der Waals surface area contributed by atoms with Gasteiger partial charge in [-0.1, -0.05) is 19.8 Å². The highest BCUT2D eigenvalue weighted by Gasteiger charge is 2.27. The van der Waals surface area contributed by atoms with Crippen LogP contribution in [0.5, 0.6) is 11.5 Å². The summed E-state index contributed by atoms with van der Waals surface area (Å²) in [4.78, 5) is 16.1. The van der Waals surface area contributed by atoms with Gasteiger partial charge in [0, 0.05) is 5.56 Å². The molecule has 1 N–H and O–H groups in total. The Labute approximate surface area is 153 Å². The molecule has 1 heterocycles. The summed E-state index contributed by atoms with van der Waals surface area (Å²) < 4.78 is 18.9. The van der Waals surface area contributed by atoms with E-state index in [1.54, 1.807) is 24.3 Å². The van der Waals surface area contributed by atoms with E-state index in [-0.39, 0.29) is 11.9 Å². The third kappa shape index (κ3) is 4.40. The molecule has 0 saturated heterocycles. The molecule has 1 aromatic carbocycles. The molecule has 0 unspecified atom stereocenters. The van der Waals surface area contributed by atoms with Crippen LogP contribution in [0, 0.1) is 17.8 Å². The summed E-state index contributed by atoms with van der Waals surface area (Å²) in [5.41, 5.74) is 1.09. The van der Waals surface area contributed by atoms with Gasteiger partial charge < -0.3 is 9.84 Å². The molecule has 3 rings (SSSR count). The van der Waals surface area contributed by atoms with Crippen LogP contribution in [0.1, 0.15) is 45.4 Å². The average Bonchev–Trinajstić information content (AvgIpc) is 2.65. The number of nitrogens with zero attached hydrogens (tertiary/aromatic N) is 1. The summed E-state index contributed by atoms with van der Waals surface area (Å²) in [7, 11) is 0. The van der Waals surface area contributed by atoms with Crippen LogP contribution in [-0.2, 0) is 4.79 Å². The second kappa shape index (κ2) is 8.30. The van der Waals surface area contributed by atoms with E-state index < -0.39 is 11.7 Å². The molecule has 1 aliphatic carbocycles. The Bertz CT molecular complexity index is 752. The number of hydrogen-bond acceptors (Lipinski definition) is 4. The summed E-state index contributed by atoms with van der Waals surface area (Å²) >= 11 is 0. The predicted octanol–water partition coefficient (Wildman–Crippen LogP) is 5.11. The van der Waals surface area contributed by atoms with Crippen molar-refractivity contribution in [2.75, 3.05) is 0 Å². The number of carbonyl (C=O) groups is 1. The van der Waals surface area contributed by atoms with Crippen molar-refractivity contribution in [1.82, 2.24) is 4.98 Å². The van der Waals surface area contributed by atoms with Gasteiger partial charge in [0.25, 0.3) is 5.95 Å². The van der Waals surface area contributed by atoms with Crippen LogP contribution in [0.15, 0.2) is 36.4 Å². The highest BCUT2D eigenvalue weighted by atomic mass is 19.1. The molecule has 0 spiro atoms. The van der Waals surface area contributed by atoms with Crippen LogP contribution >= 0.6 is 0 Å². The third-order valence-electron chi connectivity index (χ3n) is 5.07. The Balaban J connectivity index is 1.59. The number of rotatable bonds is 5. The number of carbonyl (C=O) groups excluding carboxylic acids is 1. The lowest BCUT2D eigenvalue weighted by atomic mass is 9.80. The maximum Gasteiger partial charge on any atom is 0.314 e. The molecular formula is C21H24FNO3. The normalized spacial score (nSPS) is 19.9. The van der Waals surface area contributed by atoms with Gasteiger partial charge in [0.05, 0.1) is 11.6 Å². The average molecular weight is 357 g/mol. The smallest absolute Gasteiger partial charge is 0.314 e. The van der Waals surface area contributed by atoms with Crippen molar-refractivity contribution in [3.63, 3.8) is 0 Å². The van der Waals surface area contributed by atoms with E-state index in [0.717, 1.165) is 31.6 Å². The minimum Gasteiger partial charge on any atom is -0.504 e. The molecule has 1 aliphatic rings. The van der Waals surface area contributed by atoms with Gasteiger partial charge in [0.2, 0.25) is 0 Å². The molecule has 2 aromatic rings. The van der Waals surface area contributed by atoms with E-state index in [1.165, 1.54) is 25.0 Å². The Kier molecular flexibility index (Phi) is 5.86. The molecule has 0 radical (unpaired) electrons. The van der Waals surface area contributed by atoms with Gasteiger partial charge in [-0.3, -0.25) is 4.79 Å². The summed E-state index contributed by atoms with van der Waals surface area (Å²) in [5, 5.41) is 9.21. The van der Waals surface area contributed by atoms with Crippen LogP contribution < -0.4 is 4.74 Å². The van der Waals surface area contributed by atoms with E-state index in [2.05, 4.69) is 11.9 Å². The fraction of sp³-hybridized carbons (Fsp3) is 0.429. The fourth-order valence-electron chi connectivity index (χ4n) is 3.58. The SMILES string of the molecule is CCCC1CCC(C(=O)Oc2ccc(-c3ccc(O)c(F)n3)cc2)CC1. The number of aromatic nitrogens is 1. The quantitative estimate of drug-likeness (QED) is 0.459. The van der Waals surface area contributed by atoms with Crippen molar-refractivity contribution in [3.8, 4) is 22.8 Å². The lowest BCUT2D eigenvalue weighted by molar-refractivity contribution is -0.140. The monoisotopic (exact) mass is 357 g/mol. The van der Waals surface area contributed by atoms with Crippen molar-refractivity contribution in [1.29, 1.82) is 0 Å². The van der Waals surface area contributed by atoms with Gasteiger partial charge in [-0.2, -0.15) is 4.39 Å². The maximum absolute atomic E-state index is 13.4. The zero-order valence-corrected chi connectivity index (χ0v) is 15.0. The lowest BCUT2D eigenvalue weighted by Crippen LogP contribution is -2.25. The molecule has 0 aliphatic heterocycles. The maximum atomic E-state index is 13.4. The third-order valence-corrected chi connectivity index (χ3v) is 5.07. The first-order valence-corrected chi connectivity index (χ1v) is 9.24. The van der Waals surface area contributed by atoms with E-state index in [9.17, 15) is 14.3 Å². The van der Waals surface area contributed by atoms with E-state index in [0.29, 0.717) is 17.0 Å². The molecule has 0 atom stereocenters.